The maximum atomic E-state index is 12.3. The van der Waals surface area contributed by atoms with Crippen LogP contribution in [0.15, 0.2) is 12.1 Å². The zero-order valence-electron chi connectivity index (χ0n) is 10.8. The van der Waals surface area contributed by atoms with Crippen molar-refractivity contribution in [2.75, 3.05) is 19.6 Å². The number of nitrogens with zero attached hydrogens (tertiary/aromatic N) is 2. The number of halogens is 1. The molecule has 1 aromatic rings. The van der Waals surface area contributed by atoms with Crippen molar-refractivity contribution in [3.05, 3.63) is 28.5 Å². The Morgan fingerprint density at radius 1 is 1.53 bits per heavy atom. The number of aryl methyl sites for hydroxylation is 1. The molecular formula is C13H16ClN3O2. The highest BCUT2D eigenvalue weighted by Crippen LogP contribution is 2.14. The highest BCUT2D eigenvalue weighted by molar-refractivity contribution is 6.29. The van der Waals surface area contributed by atoms with Crippen LogP contribution in [0.4, 0.5) is 0 Å². The SMILES string of the molecule is CCCc1cc(C(=O)N2CCNC(=O)C2)cc(Cl)n1. The van der Waals surface area contributed by atoms with E-state index in [9.17, 15) is 9.59 Å². The molecule has 1 saturated heterocycles. The van der Waals surface area contributed by atoms with Crippen LogP contribution in [0.5, 0.6) is 0 Å². The molecule has 1 fully saturated rings. The van der Waals surface area contributed by atoms with Crippen LogP contribution < -0.4 is 5.32 Å². The van der Waals surface area contributed by atoms with E-state index in [1.54, 1.807) is 12.1 Å². The maximum absolute atomic E-state index is 12.3. The summed E-state index contributed by atoms with van der Waals surface area (Å²) in [5.74, 6) is -0.301. The third kappa shape index (κ3) is 3.44. The highest BCUT2D eigenvalue weighted by atomic mass is 35.5. The first-order chi connectivity index (χ1) is 9.10. The topological polar surface area (TPSA) is 62.3 Å². The Morgan fingerprint density at radius 2 is 2.32 bits per heavy atom. The number of nitrogens with one attached hydrogen (secondary N) is 1. The van der Waals surface area contributed by atoms with E-state index < -0.39 is 0 Å². The molecule has 2 rings (SSSR count). The first-order valence-corrected chi connectivity index (χ1v) is 6.70. The van der Waals surface area contributed by atoms with Crippen molar-refractivity contribution in [1.29, 1.82) is 0 Å². The summed E-state index contributed by atoms with van der Waals surface area (Å²) in [6.45, 7) is 3.15. The third-order valence-electron chi connectivity index (χ3n) is 2.93. The van der Waals surface area contributed by atoms with Gasteiger partial charge in [-0.3, -0.25) is 9.59 Å². The van der Waals surface area contributed by atoms with Gasteiger partial charge >= 0.3 is 0 Å². The van der Waals surface area contributed by atoms with Crippen LogP contribution in [0.3, 0.4) is 0 Å². The lowest BCUT2D eigenvalue weighted by atomic mass is 10.1. The minimum atomic E-state index is -0.170. The molecule has 0 saturated carbocycles. The first kappa shape index (κ1) is 13.8. The minimum absolute atomic E-state index is 0.0991. The minimum Gasteiger partial charge on any atom is -0.353 e. The number of carbonyl (C=O) groups excluding carboxylic acids is 2. The summed E-state index contributed by atoms with van der Waals surface area (Å²) >= 11 is 5.94. The monoisotopic (exact) mass is 281 g/mol. The summed E-state index contributed by atoms with van der Waals surface area (Å²) < 4.78 is 0. The van der Waals surface area contributed by atoms with E-state index in [4.69, 9.17) is 11.6 Å². The summed E-state index contributed by atoms with van der Waals surface area (Å²) in [5, 5.41) is 3.01. The standard InChI is InChI=1S/C13H16ClN3O2/c1-2-3-10-6-9(7-11(14)16-10)13(19)17-5-4-15-12(18)8-17/h6-7H,2-5,8H2,1H3,(H,15,18). The summed E-state index contributed by atoms with van der Waals surface area (Å²) in [4.78, 5) is 29.3. The van der Waals surface area contributed by atoms with Gasteiger partial charge in [-0.2, -0.15) is 0 Å². The second-order valence-corrected chi connectivity index (χ2v) is 4.88. The number of rotatable bonds is 3. The Bertz CT molecular complexity index is 505. The lowest BCUT2D eigenvalue weighted by molar-refractivity contribution is -0.123. The van der Waals surface area contributed by atoms with Crippen LogP contribution in [0, 0.1) is 0 Å². The number of amides is 2. The Morgan fingerprint density at radius 3 is 3.00 bits per heavy atom. The Labute approximate surface area is 117 Å². The van der Waals surface area contributed by atoms with Gasteiger partial charge in [-0.1, -0.05) is 24.9 Å². The van der Waals surface area contributed by atoms with Crippen LogP contribution in [-0.2, 0) is 11.2 Å². The summed E-state index contributed by atoms with van der Waals surface area (Å²) in [7, 11) is 0. The molecule has 5 nitrogen and oxygen atoms in total. The molecule has 0 aromatic carbocycles. The average molecular weight is 282 g/mol. The lowest BCUT2D eigenvalue weighted by Gasteiger charge is -2.26. The van der Waals surface area contributed by atoms with Crippen molar-refractivity contribution in [1.82, 2.24) is 15.2 Å². The molecule has 0 bridgehead atoms. The van der Waals surface area contributed by atoms with Gasteiger partial charge in [-0.25, -0.2) is 4.98 Å². The van der Waals surface area contributed by atoms with E-state index in [0.717, 1.165) is 18.5 Å². The van der Waals surface area contributed by atoms with Gasteiger partial charge in [0, 0.05) is 24.3 Å². The number of pyridine rings is 1. The number of hydrogen-bond donors (Lipinski definition) is 1. The maximum Gasteiger partial charge on any atom is 0.254 e. The molecule has 102 valence electrons. The predicted octanol–water partition coefficient (Wildman–Crippen LogP) is 1.26. The Kier molecular flexibility index (Phi) is 4.37. The highest BCUT2D eigenvalue weighted by Gasteiger charge is 2.22. The molecule has 2 heterocycles. The molecule has 19 heavy (non-hydrogen) atoms. The van der Waals surface area contributed by atoms with Crippen molar-refractivity contribution >= 4 is 23.4 Å². The average Bonchev–Trinajstić information content (AvgIpc) is 2.37. The Balaban J connectivity index is 2.20. The predicted molar refractivity (Wildman–Crippen MR) is 72.2 cm³/mol. The van der Waals surface area contributed by atoms with E-state index in [1.165, 1.54) is 4.90 Å². The lowest BCUT2D eigenvalue weighted by Crippen LogP contribution is -2.50. The summed E-state index contributed by atoms with van der Waals surface area (Å²) in [6.07, 6.45) is 1.72. The molecule has 1 aliphatic heterocycles. The normalized spacial score (nSPS) is 15.3. The van der Waals surface area contributed by atoms with E-state index in [1.807, 2.05) is 6.92 Å². The molecule has 0 atom stereocenters. The van der Waals surface area contributed by atoms with Gasteiger partial charge in [0.2, 0.25) is 5.91 Å². The van der Waals surface area contributed by atoms with E-state index in [0.29, 0.717) is 23.8 Å². The molecule has 0 aliphatic carbocycles. The molecule has 0 unspecified atom stereocenters. The van der Waals surface area contributed by atoms with Crippen LogP contribution in [-0.4, -0.2) is 41.3 Å². The second-order valence-electron chi connectivity index (χ2n) is 4.50. The van der Waals surface area contributed by atoms with Crippen molar-refractivity contribution in [2.45, 2.75) is 19.8 Å². The molecule has 1 aromatic heterocycles. The van der Waals surface area contributed by atoms with Crippen LogP contribution in [0.25, 0.3) is 0 Å². The molecular weight excluding hydrogens is 266 g/mol. The largest absolute Gasteiger partial charge is 0.353 e. The van der Waals surface area contributed by atoms with Crippen molar-refractivity contribution in [3.63, 3.8) is 0 Å². The van der Waals surface area contributed by atoms with Gasteiger partial charge in [0.05, 0.1) is 6.54 Å². The summed E-state index contributed by atoms with van der Waals surface area (Å²) in [6, 6.07) is 3.31. The van der Waals surface area contributed by atoms with E-state index in [2.05, 4.69) is 10.3 Å². The van der Waals surface area contributed by atoms with Gasteiger partial charge in [-0.05, 0) is 18.6 Å². The molecule has 6 heteroatoms. The van der Waals surface area contributed by atoms with Crippen molar-refractivity contribution < 1.29 is 9.59 Å². The molecule has 1 N–H and O–H groups in total. The van der Waals surface area contributed by atoms with Crippen molar-refractivity contribution in [3.8, 4) is 0 Å². The van der Waals surface area contributed by atoms with Gasteiger partial charge < -0.3 is 10.2 Å². The molecule has 1 aliphatic rings. The van der Waals surface area contributed by atoms with E-state index in [-0.39, 0.29) is 18.4 Å². The zero-order valence-corrected chi connectivity index (χ0v) is 11.5. The van der Waals surface area contributed by atoms with Crippen molar-refractivity contribution in [2.24, 2.45) is 0 Å². The molecule has 0 spiro atoms. The van der Waals surface area contributed by atoms with Gasteiger partial charge in [0.1, 0.15) is 5.15 Å². The van der Waals surface area contributed by atoms with Gasteiger partial charge in [-0.15, -0.1) is 0 Å². The number of piperazine rings is 1. The zero-order chi connectivity index (χ0) is 13.8. The Hall–Kier alpha value is -1.62. The number of carbonyl (C=O) groups is 2. The second kappa shape index (κ2) is 6.02. The fraction of sp³-hybridized carbons (Fsp3) is 0.462. The smallest absolute Gasteiger partial charge is 0.254 e. The fourth-order valence-corrected chi connectivity index (χ4v) is 2.28. The summed E-state index contributed by atoms with van der Waals surface area (Å²) in [5.41, 5.74) is 1.30. The fourth-order valence-electron chi connectivity index (χ4n) is 2.05. The molecule has 0 radical (unpaired) electrons. The van der Waals surface area contributed by atoms with Crippen LogP contribution in [0.1, 0.15) is 29.4 Å². The molecule has 2 amide bonds. The number of hydrogen-bond acceptors (Lipinski definition) is 3. The quantitative estimate of drug-likeness (QED) is 0.849. The first-order valence-electron chi connectivity index (χ1n) is 6.32. The number of aromatic nitrogens is 1. The van der Waals surface area contributed by atoms with Crippen LogP contribution in [0.2, 0.25) is 5.15 Å². The van der Waals surface area contributed by atoms with Gasteiger partial charge in [0.25, 0.3) is 5.91 Å². The van der Waals surface area contributed by atoms with Crippen LogP contribution >= 0.6 is 11.6 Å². The van der Waals surface area contributed by atoms with E-state index >= 15 is 0 Å². The third-order valence-corrected chi connectivity index (χ3v) is 3.12. The van der Waals surface area contributed by atoms with Gasteiger partial charge in [0.15, 0.2) is 0 Å².